The lowest BCUT2D eigenvalue weighted by atomic mass is 9.87. The number of ether oxygens (including phenoxy) is 1. The molecule has 0 N–H and O–H groups in total. The summed E-state index contributed by atoms with van der Waals surface area (Å²) in [5.74, 6) is -0.351. The highest BCUT2D eigenvalue weighted by Gasteiger charge is 2.23. The summed E-state index contributed by atoms with van der Waals surface area (Å²) in [5.41, 5.74) is 1.10. The van der Waals surface area contributed by atoms with E-state index in [0.717, 1.165) is 5.56 Å². The minimum atomic E-state index is -0.195. The quantitative estimate of drug-likeness (QED) is 0.560. The zero-order chi connectivity index (χ0) is 12.0. The molecule has 1 rings (SSSR count). The maximum atomic E-state index is 11.6. The zero-order valence-corrected chi connectivity index (χ0v) is 9.85. The van der Waals surface area contributed by atoms with Crippen molar-refractivity contribution in [1.29, 1.82) is 0 Å². The van der Waals surface area contributed by atoms with E-state index in [0.29, 0.717) is 6.61 Å². The summed E-state index contributed by atoms with van der Waals surface area (Å²) in [6, 6.07) is 9.89. The van der Waals surface area contributed by atoms with Crippen LogP contribution < -0.4 is 0 Å². The van der Waals surface area contributed by atoms with E-state index in [2.05, 4.69) is 6.58 Å². The van der Waals surface area contributed by atoms with Crippen LogP contribution in [0.15, 0.2) is 43.0 Å². The van der Waals surface area contributed by atoms with Crippen LogP contribution in [0, 0.1) is 5.92 Å². The molecule has 1 aromatic rings. The molecule has 0 spiro atoms. The molecule has 0 saturated carbocycles. The normalized spacial score (nSPS) is 13.9. The largest absolute Gasteiger partial charge is 0.466 e. The van der Waals surface area contributed by atoms with Crippen LogP contribution in [0.2, 0.25) is 0 Å². The van der Waals surface area contributed by atoms with Crippen LogP contribution in [0.25, 0.3) is 0 Å². The van der Waals surface area contributed by atoms with Crippen LogP contribution in [0.3, 0.4) is 0 Å². The van der Waals surface area contributed by atoms with E-state index in [1.54, 1.807) is 6.08 Å². The number of allylic oxidation sites excluding steroid dienone is 1. The summed E-state index contributed by atoms with van der Waals surface area (Å²) < 4.78 is 5.02. The molecule has 0 aliphatic heterocycles. The Morgan fingerprint density at radius 1 is 1.44 bits per heavy atom. The van der Waals surface area contributed by atoms with Gasteiger partial charge in [-0.15, -0.1) is 6.58 Å². The van der Waals surface area contributed by atoms with Gasteiger partial charge in [0.1, 0.15) is 0 Å². The Bertz CT molecular complexity index is 343. The van der Waals surface area contributed by atoms with Crippen molar-refractivity contribution in [2.75, 3.05) is 6.61 Å². The Morgan fingerprint density at radius 2 is 2.06 bits per heavy atom. The lowest BCUT2D eigenvalue weighted by Gasteiger charge is -2.19. The van der Waals surface area contributed by atoms with Gasteiger partial charge >= 0.3 is 5.97 Å². The van der Waals surface area contributed by atoms with Crippen LogP contribution in [0.5, 0.6) is 0 Å². The summed E-state index contributed by atoms with van der Waals surface area (Å²) in [4.78, 5) is 11.6. The van der Waals surface area contributed by atoms with E-state index in [1.165, 1.54) is 0 Å². The van der Waals surface area contributed by atoms with E-state index in [1.807, 2.05) is 44.2 Å². The highest BCUT2D eigenvalue weighted by Crippen LogP contribution is 2.26. The molecule has 0 aliphatic rings. The van der Waals surface area contributed by atoms with Crippen molar-refractivity contribution < 1.29 is 9.53 Å². The average Bonchev–Trinajstić information content (AvgIpc) is 2.31. The minimum Gasteiger partial charge on any atom is -0.466 e. The summed E-state index contributed by atoms with van der Waals surface area (Å²) in [6.07, 6.45) is 1.80. The fourth-order valence-electron chi connectivity index (χ4n) is 1.72. The molecule has 0 fully saturated rings. The van der Waals surface area contributed by atoms with Crippen molar-refractivity contribution in [3.05, 3.63) is 48.6 Å². The van der Waals surface area contributed by atoms with Crippen LogP contribution in [0.1, 0.15) is 25.3 Å². The fraction of sp³-hybridized carbons (Fsp3) is 0.357. The predicted octanol–water partition coefficient (Wildman–Crippen LogP) is 3.16. The Balaban J connectivity index is 2.83. The van der Waals surface area contributed by atoms with Gasteiger partial charge in [-0.1, -0.05) is 43.3 Å². The van der Waals surface area contributed by atoms with Gasteiger partial charge in [-0.05, 0) is 12.5 Å². The lowest BCUT2D eigenvalue weighted by Crippen LogP contribution is -2.20. The van der Waals surface area contributed by atoms with Crippen molar-refractivity contribution in [2.24, 2.45) is 5.92 Å². The van der Waals surface area contributed by atoms with E-state index in [9.17, 15) is 4.79 Å². The maximum absolute atomic E-state index is 11.6. The van der Waals surface area contributed by atoms with Crippen LogP contribution >= 0.6 is 0 Å². The predicted molar refractivity (Wildman–Crippen MR) is 65.2 cm³/mol. The first-order valence-corrected chi connectivity index (χ1v) is 5.54. The van der Waals surface area contributed by atoms with Crippen molar-refractivity contribution in [3.8, 4) is 0 Å². The van der Waals surface area contributed by atoms with Gasteiger partial charge in [0.25, 0.3) is 0 Å². The molecule has 0 aliphatic carbocycles. The monoisotopic (exact) mass is 218 g/mol. The molecule has 1 aromatic carbocycles. The van der Waals surface area contributed by atoms with Gasteiger partial charge in [0, 0.05) is 5.92 Å². The number of carbonyl (C=O) groups excluding carboxylic acids is 1. The molecule has 86 valence electrons. The van der Waals surface area contributed by atoms with Gasteiger partial charge in [-0.25, -0.2) is 0 Å². The first-order chi connectivity index (χ1) is 7.70. The van der Waals surface area contributed by atoms with Gasteiger partial charge < -0.3 is 4.74 Å². The van der Waals surface area contributed by atoms with Gasteiger partial charge in [-0.2, -0.15) is 0 Å². The molecule has 2 atom stereocenters. The Hall–Kier alpha value is -1.57. The second-order valence-corrected chi connectivity index (χ2v) is 3.71. The van der Waals surface area contributed by atoms with Crippen LogP contribution in [0.4, 0.5) is 0 Å². The molecule has 2 nitrogen and oxygen atoms in total. The standard InChI is InChI=1S/C14H18O2/c1-4-13(11(3)14(15)16-5-2)12-9-7-6-8-10-12/h4,6-11,13H,1,5H2,2-3H3. The first-order valence-electron chi connectivity index (χ1n) is 5.54. The summed E-state index contributed by atoms with van der Waals surface area (Å²) in [5, 5.41) is 0. The molecule has 0 saturated heterocycles. The molecule has 0 radical (unpaired) electrons. The average molecular weight is 218 g/mol. The number of hydrogen-bond acceptors (Lipinski definition) is 2. The second kappa shape index (κ2) is 6.11. The Kier molecular flexibility index (Phi) is 4.77. The molecule has 2 heteroatoms. The smallest absolute Gasteiger partial charge is 0.309 e. The van der Waals surface area contributed by atoms with Gasteiger partial charge in [0.2, 0.25) is 0 Å². The molecule has 0 heterocycles. The number of rotatable bonds is 5. The molecule has 16 heavy (non-hydrogen) atoms. The SMILES string of the molecule is C=CC(c1ccccc1)C(C)C(=O)OCC. The Labute approximate surface area is 96.9 Å². The van der Waals surface area contributed by atoms with E-state index >= 15 is 0 Å². The number of carbonyl (C=O) groups is 1. The molecule has 0 aromatic heterocycles. The van der Waals surface area contributed by atoms with Crippen molar-refractivity contribution in [3.63, 3.8) is 0 Å². The minimum absolute atomic E-state index is 0.0141. The molecule has 0 bridgehead atoms. The van der Waals surface area contributed by atoms with Gasteiger partial charge in [0.15, 0.2) is 0 Å². The number of benzene rings is 1. The van der Waals surface area contributed by atoms with Crippen LogP contribution in [-0.4, -0.2) is 12.6 Å². The third kappa shape index (κ3) is 2.96. The van der Waals surface area contributed by atoms with Crippen LogP contribution in [-0.2, 0) is 9.53 Å². The fourth-order valence-corrected chi connectivity index (χ4v) is 1.72. The third-order valence-electron chi connectivity index (χ3n) is 2.64. The zero-order valence-electron chi connectivity index (χ0n) is 9.85. The number of esters is 1. The van der Waals surface area contributed by atoms with Gasteiger partial charge in [-0.3, -0.25) is 4.79 Å². The highest BCUT2D eigenvalue weighted by molar-refractivity contribution is 5.73. The molecular formula is C14H18O2. The Morgan fingerprint density at radius 3 is 2.56 bits per heavy atom. The van der Waals surface area contributed by atoms with E-state index in [4.69, 9.17) is 4.74 Å². The third-order valence-corrected chi connectivity index (χ3v) is 2.64. The second-order valence-electron chi connectivity index (χ2n) is 3.71. The summed E-state index contributed by atoms with van der Waals surface area (Å²) in [7, 11) is 0. The first kappa shape index (κ1) is 12.5. The van der Waals surface area contributed by atoms with Crippen molar-refractivity contribution >= 4 is 5.97 Å². The summed E-state index contributed by atoms with van der Waals surface area (Å²) >= 11 is 0. The highest BCUT2D eigenvalue weighted by atomic mass is 16.5. The van der Waals surface area contributed by atoms with Gasteiger partial charge in [0.05, 0.1) is 12.5 Å². The van der Waals surface area contributed by atoms with E-state index in [-0.39, 0.29) is 17.8 Å². The van der Waals surface area contributed by atoms with Crippen molar-refractivity contribution in [1.82, 2.24) is 0 Å². The summed E-state index contributed by atoms with van der Waals surface area (Å²) in [6.45, 7) is 7.90. The lowest BCUT2D eigenvalue weighted by molar-refractivity contribution is -0.147. The molecule has 2 unspecified atom stereocenters. The van der Waals surface area contributed by atoms with E-state index < -0.39 is 0 Å². The molecule has 0 amide bonds. The van der Waals surface area contributed by atoms with Crippen molar-refractivity contribution in [2.45, 2.75) is 19.8 Å². The maximum Gasteiger partial charge on any atom is 0.309 e. The topological polar surface area (TPSA) is 26.3 Å². The molecular weight excluding hydrogens is 200 g/mol. The number of hydrogen-bond donors (Lipinski definition) is 0.